The summed E-state index contributed by atoms with van der Waals surface area (Å²) in [6.07, 6.45) is 1.96. The van der Waals surface area contributed by atoms with Gasteiger partial charge < -0.3 is 9.47 Å². The second-order valence-electron chi connectivity index (χ2n) is 8.82. The van der Waals surface area contributed by atoms with Crippen LogP contribution in [0, 0.1) is 0 Å². The minimum absolute atomic E-state index is 0.00227. The summed E-state index contributed by atoms with van der Waals surface area (Å²) in [6.45, 7) is 7.37. The zero-order valence-electron chi connectivity index (χ0n) is 19.0. The van der Waals surface area contributed by atoms with Crippen LogP contribution in [0.15, 0.2) is 0 Å². The highest BCUT2D eigenvalue weighted by atomic mass is 16.8. The van der Waals surface area contributed by atoms with Gasteiger partial charge in [-0.2, -0.15) is 5.11 Å². The molecular formula is C17H27N12O3. The van der Waals surface area contributed by atoms with E-state index in [9.17, 15) is 5.11 Å². The molecule has 173 valence electrons. The summed E-state index contributed by atoms with van der Waals surface area (Å²) in [5.74, 6) is -3.19. The Bertz CT molecular complexity index is 1070. The molecule has 1 aliphatic carbocycles. The van der Waals surface area contributed by atoms with Crippen LogP contribution in [0.1, 0.15) is 70.5 Å². The van der Waals surface area contributed by atoms with Gasteiger partial charge in [0.2, 0.25) is 17.4 Å². The molecule has 0 amide bonds. The van der Waals surface area contributed by atoms with Gasteiger partial charge in [-0.15, -0.1) is 15.3 Å². The van der Waals surface area contributed by atoms with Crippen LogP contribution in [0.2, 0.25) is 0 Å². The Kier molecular flexibility index (Phi) is 5.50. The Morgan fingerprint density at radius 2 is 1.66 bits per heavy atom. The number of hydrogen-bond donors (Lipinski definition) is 0. The fraction of sp³-hybridized carbons (Fsp3) is 0.824. The topological polar surface area (TPSA) is 169 Å². The van der Waals surface area contributed by atoms with Crippen molar-refractivity contribution in [3.63, 3.8) is 0 Å². The molecule has 0 spiro atoms. The summed E-state index contributed by atoms with van der Waals surface area (Å²) in [4.78, 5) is 0. The van der Waals surface area contributed by atoms with Crippen LogP contribution in [0.5, 0.6) is 0 Å². The maximum atomic E-state index is 14.1. The van der Waals surface area contributed by atoms with Gasteiger partial charge in [-0.1, -0.05) is 6.92 Å². The van der Waals surface area contributed by atoms with Crippen molar-refractivity contribution in [3.05, 3.63) is 17.5 Å². The maximum absolute atomic E-state index is 14.1. The first-order valence-corrected chi connectivity index (χ1v) is 10.4. The molecule has 3 aromatic rings. The van der Waals surface area contributed by atoms with E-state index in [0.29, 0.717) is 5.82 Å². The Hall–Kier alpha value is -2.91. The third-order valence-electron chi connectivity index (χ3n) is 5.38. The maximum Gasteiger partial charge on any atom is 0.266 e. The van der Waals surface area contributed by atoms with Crippen molar-refractivity contribution in [2.45, 2.75) is 76.5 Å². The number of methoxy groups -OCH3 is 1. The molecular weight excluding hydrogens is 420 g/mol. The Labute approximate surface area is 184 Å². The van der Waals surface area contributed by atoms with E-state index < -0.39 is 17.1 Å². The predicted molar refractivity (Wildman–Crippen MR) is 104 cm³/mol. The number of ether oxygens (including phenoxy) is 2. The first-order chi connectivity index (χ1) is 15.1. The normalized spacial score (nSPS) is 18.5. The minimum Gasteiger partial charge on any atom is -0.346 e. The fourth-order valence-electron chi connectivity index (χ4n) is 3.48. The van der Waals surface area contributed by atoms with E-state index in [1.807, 2.05) is 20.8 Å². The lowest BCUT2D eigenvalue weighted by atomic mass is 10.1. The van der Waals surface area contributed by atoms with E-state index in [-0.39, 0.29) is 30.5 Å². The number of hydrogen-bond acceptors (Lipinski definition) is 11. The Balaban J connectivity index is 1.80. The molecule has 15 nitrogen and oxygen atoms in total. The molecule has 3 heterocycles. The van der Waals surface area contributed by atoms with Crippen molar-refractivity contribution < 1.29 is 14.6 Å². The van der Waals surface area contributed by atoms with Gasteiger partial charge in [0, 0.05) is 20.6 Å². The second-order valence-corrected chi connectivity index (χ2v) is 8.82. The molecule has 32 heavy (non-hydrogen) atoms. The van der Waals surface area contributed by atoms with Crippen LogP contribution < -0.4 is 0 Å². The van der Waals surface area contributed by atoms with Gasteiger partial charge >= 0.3 is 0 Å². The molecule has 1 radical (unpaired) electrons. The van der Waals surface area contributed by atoms with Crippen LogP contribution in [-0.2, 0) is 45.2 Å². The summed E-state index contributed by atoms with van der Waals surface area (Å²) in [5, 5.41) is 49.6. The van der Waals surface area contributed by atoms with Crippen molar-refractivity contribution in [1.82, 2.24) is 60.6 Å². The number of rotatable bonds is 9. The van der Waals surface area contributed by atoms with Gasteiger partial charge in [-0.25, -0.2) is 14.0 Å². The highest BCUT2D eigenvalue weighted by Crippen LogP contribution is 2.41. The van der Waals surface area contributed by atoms with Crippen molar-refractivity contribution >= 4 is 0 Å². The molecule has 15 heteroatoms. The quantitative estimate of drug-likeness (QED) is 0.405. The fourth-order valence-corrected chi connectivity index (χ4v) is 3.48. The van der Waals surface area contributed by atoms with Gasteiger partial charge in [0.05, 0.1) is 18.0 Å². The molecule has 2 unspecified atom stereocenters. The average molecular weight is 447 g/mol. The number of nitrogens with zero attached hydrogens (tertiary/aromatic N) is 12. The molecule has 1 saturated carbocycles. The summed E-state index contributed by atoms with van der Waals surface area (Å²) in [5.41, 5.74) is -0.550. The summed E-state index contributed by atoms with van der Waals surface area (Å²) >= 11 is 0. The molecule has 0 N–H and O–H groups in total. The van der Waals surface area contributed by atoms with Gasteiger partial charge in [0.25, 0.3) is 5.79 Å². The van der Waals surface area contributed by atoms with Gasteiger partial charge in [0.1, 0.15) is 0 Å². The molecule has 0 bridgehead atoms. The van der Waals surface area contributed by atoms with E-state index >= 15 is 0 Å². The van der Waals surface area contributed by atoms with Crippen molar-refractivity contribution in [1.29, 1.82) is 0 Å². The SMILES string of the molecule is CCC([O])(OC(Cc1nnnn1C1CC1)(OC)c1nnnn1C)c1nnnn1C(C)(C)C. The average Bonchev–Trinajstić information content (AvgIpc) is 3.13. The summed E-state index contributed by atoms with van der Waals surface area (Å²) in [7, 11) is 3.05. The predicted octanol–water partition coefficient (Wildman–Crippen LogP) is 0.0250. The lowest BCUT2D eigenvalue weighted by molar-refractivity contribution is -0.383. The molecule has 4 rings (SSSR count). The van der Waals surface area contributed by atoms with Crippen LogP contribution in [0.25, 0.3) is 0 Å². The van der Waals surface area contributed by atoms with E-state index in [4.69, 9.17) is 9.47 Å². The lowest BCUT2D eigenvalue weighted by Crippen LogP contribution is -2.47. The number of tetrazole rings is 3. The van der Waals surface area contributed by atoms with Crippen molar-refractivity contribution in [3.8, 4) is 0 Å². The van der Waals surface area contributed by atoms with Crippen LogP contribution in [-0.4, -0.2) is 67.7 Å². The Morgan fingerprint density at radius 1 is 1.00 bits per heavy atom. The van der Waals surface area contributed by atoms with E-state index in [0.717, 1.165) is 12.8 Å². The van der Waals surface area contributed by atoms with Gasteiger partial charge in [-0.05, 0) is 64.9 Å². The van der Waals surface area contributed by atoms with Gasteiger partial charge in [0.15, 0.2) is 5.82 Å². The van der Waals surface area contributed by atoms with Crippen LogP contribution in [0.3, 0.4) is 0 Å². The van der Waals surface area contributed by atoms with Crippen molar-refractivity contribution in [2.24, 2.45) is 7.05 Å². The smallest absolute Gasteiger partial charge is 0.266 e. The van der Waals surface area contributed by atoms with E-state index in [1.54, 1.807) is 18.7 Å². The first kappa shape index (κ1) is 22.3. The molecule has 1 fully saturated rings. The molecule has 0 saturated heterocycles. The van der Waals surface area contributed by atoms with Crippen molar-refractivity contribution in [2.75, 3.05) is 7.11 Å². The molecule has 2 atom stereocenters. The minimum atomic E-state index is -2.18. The monoisotopic (exact) mass is 447 g/mol. The van der Waals surface area contributed by atoms with E-state index in [2.05, 4.69) is 46.6 Å². The highest BCUT2D eigenvalue weighted by Gasteiger charge is 2.52. The van der Waals surface area contributed by atoms with E-state index in [1.165, 1.54) is 16.5 Å². The van der Waals surface area contributed by atoms with Gasteiger partial charge in [-0.3, -0.25) is 0 Å². The lowest BCUT2D eigenvalue weighted by Gasteiger charge is -2.37. The van der Waals surface area contributed by atoms with Crippen LogP contribution >= 0.6 is 0 Å². The standard InChI is InChI=1S/C17H27N12O3/c1-7-16(30,13-19-23-26-29(13)15(2,3)4)32-17(31-6,14-20-22-24-27(14)5)10-12-18-21-25-28(12)11-8-9-11/h11H,7-10H2,1-6H3. The summed E-state index contributed by atoms with van der Waals surface area (Å²) < 4.78 is 16.6. The Morgan fingerprint density at radius 3 is 2.22 bits per heavy atom. The third kappa shape index (κ3) is 3.86. The molecule has 0 aromatic carbocycles. The molecule has 0 aliphatic heterocycles. The molecule has 3 aromatic heterocycles. The largest absolute Gasteiger partial charge is 0.346 e. The first-order valence-electron chi connectivity index (χ1n) is 10.4. The zero-order chi connectivity index (χ0) is 23.1. The second kappa shape index (κ2) is 7.90. The molecule has 1 aliphatic rings. The zero-order valence-corrected chi connectivity index (χ0v) is 19.0. The third-order valence-corrected chi connectivity index (χ3v) is 5.38. The number of aryl methyl sites for hydroxylation is 1. The highest BCUT2D eigenvalue weighted by molar-refractivity contribution is 5.06. The van der Waals surface area contributed by atoms with Crippen LogP contribution in [0.4, 0.5) is 0 Å². The number of aromatic nitrogens is 12. The summed E-state index contributed by atoms with van der Waals surface area (Å²) in [6, 6.07) is 0.212.